The number of carbonyl (C=O) groups is 1. The van der Waals surface area contributed by atoms with E-state index in [0.29, 0.717) is 11.9 Å². The first-order chi connectivity index (χ1) is 13.7. The van der Waals surface area contributed by atoms with Crippen molar-refractivity contribution in [3.8, 4) is 0 Å². The number of piperazine rings is 1. The molecule has 6 heteroatoms. The molecule has 0 spiro atoms. The topological polar surface area (TPSA) is 30.0 Å². The van der Waals surface area contributed by atoms with Gasteiger partial charge in [-0.25, -0.2) is 0 Å². The fourth-order valence-electron chi connectivity index (χ4n) is 4.90. The highest BCUT2D eigenvalue weighted by Crippen LogP contribution is 2.27. The minimum Gasteiger partial charge on any atom is -0.338 e. The maximum atomic E-state index is 13.6. The molecule has 4 rings (SSSR count). The van der Waals surface area contributed by atoms with Crippen molar-refractivity contribution in [3.63, 3.8) is 0 Å². The maximum Gasteiger partial charge on any atom is 0.244 e. The van der Waals surface area contributed by atoms with E-state index in [0.717, 1.165) is 56.3 Å². The highest BCUT2D eigenvalue weighted by atomic mass is 32.2. The predicted molar refractivity (Wildman–Crippen MR) is 117 cm³/mol. The van der Waals surface area contributed by atoms with Gasteiger partial charge in [-0.05, 0) is 32.0 Å². The van der Waals surface area contributed by atoms with Gasteiger partial charge in [0, 0.05) is 63.4 Å². The molecule has 0 radical (unpaired) electrons. The van der Waals surface area contributed by atoms with Gasteiger partial charge in [0.1, 0.15) is 6.04 Å². The Morgan fingerprint density at radius 1 is 1.00 bits per heavy atom. The number of hydrogen-bond acceptors (Lipinski definition) is 5. The lowest BCUT2D eigenvalue weighted by atomic mass is 10.0. The summed E-state index contributed by atoms with van der Waals surface area (Å²) in [5.41, 5.74) is 1.15. The molecule has 3 saturated heterocycles. The smallest absolute Gasteiger partial charge is 0.244 e. The van der Waals surface area contributed by atoms with E-state index in [2.05, 4.69) is 50.9 Å². The number of likely N-dealkylation sites (tertiary alicyclic amines) is 1. The van der Waals surface area contributed by atoms with Crippen molar-refractivity contribution in [1.29, 1.82) is 0 Å². The van der Waals surface area contributed by atoms with Crippen LogP contribution in [0.5, 0.6) is 0 Å². The number of carbonyl (C=O) groups excluding carboxylic acids is 1. The number of thioether (sulfide) groups is 1. The number of piperidine rings is 1. The number of rotatable bonds is 4. The van der Waals surface area contributed by atoms with Crippen LogP contribution in [0.15, 0.2) is 30.3 Å². The molecule has 0 N–H and O–H groups in total. The normalized spacial score (nSPS) is 26.9. The Morgan fingerprint density at radius 3 is 2.39 bits per heavy atom. The predicted octanol–water partition coefficient (Wildman–Crippen LogP) is 2.01. The van der Waals surface area contributed by atoms with E-state index in [-0.39, 0.29) is 6.04 Å². The number of benzene rings is 1. The van der Waals surface area contributed by atoms with Gasteiger partial charge in [0.25, 0.3) is 0 Å². The summed E-state index contributed by atoms with van der Waals surface area (Å²) in [6.07, 6.45) is 2.60. The van der Waals surface area contributed by atoms with E-state index in [4.69, 9.17) is 0 Å². The molecule has 0 saturated carbocycles. The fraction of sp³-hybridized carbons (Fsp3) is 0.682. The van der Waals surface area contributed by atoms with E-state index >= 15 is 0 Å². The number of nitrogens with zero attached hydrogens (tertiary/aromatic N) is 4. The lowest BCUT2D eigenvalue weighted by Crippen LogP contribution is -2.57. The largest absolute Gasteiger partial charge is 0.338 e. The molecule has 3 fully saturated rings. The third-order valence-electron chi connectivity index (χ3n) is 6.50. The first kappa shape index (κ1) is 20.2. The molecule has 1 aromatic carbocycles. The molecule has 0 bridgehead atoms. The molecule has 2 atom stereocenters. The zero-order valence-electron chi connectivity index (χ0n) is 17.1. The quantitative estimate of drug-likeness (QED) is 0.769. The first-order valence-electron chi connectivity index (χ1n) is 10.8. The molecule has 2 unspecified atom stereocenters. The van der Waals surface area contributed by atoms with Crippen LogP contribution in [0.2, 0.25) is 0 Å². The molecular weight excluding hydrogens is 368 g/mol. The van der Waals surface area contributed by atoms with Crippen molar-refractivity contribution in [2.24, 2.45) is 0 Å². The van der Waals surface area contributed by atoms with E-state index < -0.39 is 0 Å². The van der Waals surface area contributed by atoms with Crippen molar-refractivity contribution in [2.45, 2.75) is 24.9 Å². The van der Waals surface area contributed by atoms with Crippen LogP contribution in [0.25, 0.3) is 0 Å². The highest BCUT2D eigenvalue weighted by Gasteiger charge is 2.35. The van der Waals surface area contributed by atoms with Crippen LogP contribution in [0.1, 0.15) is 24.4 Å². The van der Waals surface area contributed by atoms with Crippen LogP contribution >= 0.6 is 11.8 Å². The number of likely N-dealkylation sites (N-methyl/N-ethyl adjacent to an activating group) is 1. The first-order valence-corrected chi connectivity index (χ1v) is 12.0. The van der Waals surface area contributed by atoms with Crippen LogP contribution in [0, 0.1) is 0 Å². The van der Waals surface area contributed by atoms with Crippen LogP contribution < -0.4 is 0 Å². The number of amides is 1. The van der Waals surface area contributed by atoms with Gasteiger partial charge >= 0.3 is 0 Å². The summed E-state index contributed by atoms with van der Waals surface area (Å²) >= 11 is 2.00. The molecule has 1 aromatic rings. The Morgan fingerprint density at radius 2 is 1.71 bits per heavy atom. The molecule has 154 valence electrons. The summed E-state index contributed by atoms with van der Waals surface area (Å²) in [7, 11) is 2.23. The third-order valence-corrected chi connectivity index (χ3v) is 7.44. The van der Waals surface area contributed by atoms with Crippen molar-refractivity contribution >= 4 is 17.7 Å². The summed E-state index contributed by atoms with van der Waals surface area (Å²) in [6, 6.07) is 11.0. The van der Waals surface area contributed by atoms with Gasteiger partial charge in [-0.1, -0.05) is 30.3 Å². The van der Waals surface area contributed by atoms with Crippen molar-refractivity contribution in [2.75, 3.05) is 70.9 Å². The minimum absolute atomic E-state index is 0.116. The molecule has 3 aliphatic rings. The molecule has 1 amide bonds. The fourth-order valence-corrected chi connectivity index (χ4v) is 5.83. The Kier molecular flexibility index (Phi) is 6.94. The number of hydrogen-bond donors (Lipinski definition) is 0. The van der Waals surface area contributed by atoms with Crippen molar-refractivity contribution < 1.29 is 4.79 Å². The summed E-state index contributed by atoms with van der Waals surface area (Å²) in [4.78, 5) is 23.2. The van der Waals surface area contributed by atoms with Crippen molar-refractivity contribution in [1.82, 2.24) is 19.6 Å². The van der Waals surface area contributed by atoms with Crippen LogP contribution in [0.3, 0.4) is 0 Å². The van der Waals surface area contributed by atoms with Gasteiger partial charge < -0.3 is 9.80 Å². The van der Waals surface area contributed by atoms with Gasteiger partial charge in [0.2, 0.25) is 5.91 Å². The second-order valence-electron chi connectivity index (χ2n) is 8.38. The molecular formula is C22H34N4OS. The molecule has 0 aromatic heterocycles. The molecule has 3 heterocycles. The average molecular weight is 403 g/mol. The Labute approximate surface area is 174 Å². The minimum atomic E-state index is -0.116. The van der Waals surface area contributed by atoms with Crippen LogP contribution in [-0.2, 0) is 4.79 Å². The van der Waals surface area contributed by atoms with E-state index in [1.54, 1.807) is 0 Å². The summed E-state index contributed by atoms with van der Waals surface area (Å²) in [6.45, 7) is 8.17. The molecule has 0 aliphatic carbocycles. The highest BCUT2D eigenvalue weighted by molar-refractivity contribution is 7.99. The van der Waals surface area contributed by atoms with Gasteiger partial charge in [0.05, 0.1) is 0 Å². The molecule has 28 heavy (non-hydrogen) atoms. The van der Waals surface area contributed by atoms with Gasteiger partial charge in [-0.3, -0.25) is 14.6 Å². The van der Waals surface area contributed by atoms with Gasteiger partial charge in [-0.2, -0.15) is 11.8 Å². The van der Waals surface area contributed by atoms with Gasteiger partial charge in [0.15, 0.2) is 0 Å². The second-order valence-corrected chi connectivity index (χ2v) is 9.61. The van der Waals surface area contributed by atoms with E-state index in [1.807, 2.05) is 17.8 Å². The second kappa shape index (κ2) is 9.61. The van der Waals surface area contributed by atoms with Crippen molar-refractivity contribution in [3.05, 3.63) is 35.9 Å². The average Bonchev–Trinajstić information content (AvgIpc) is 2.75. The Hall–Kier alpha value is -1.08. The molecule has 5 nitrogen and oxygen atoms in total. The Balaban J connectivity index is 1.41. The monoisotopic (exact) mass is 402 g/mol. The lowest BCUT2D eigenvalue weighted by Gasteiger charge is -2.44. The summed E-state index contributed by atoms with van der Waals surface area (Å²) in [5.74, 6) is 2.55. The zero-order valence-corrected chi connectivity index (χ0v) is 17.9. The van der Waals surface area contributed by atoms with E-state index in [1.165, 1.54) is 25.9 Å². The summed E-state index contributed by atoms with van der Waals surface area (Å²) < 4.78 is 0. The SMILES string of the molecule is CN1CCCC(N2CCN(C(=O)C(c3ccccc3)N3CCSCC3)CC2)C1. The standard InChI is InChI=1S/C22H34N4OS/c1-23-9-5-8-20(18-23)24-10-12-26(13-11-24)22(27)21(19-6-3-2-4-7-19)25-14-16-28-17-15-25/h2-4,6-7,20-21H,5,8-18H2,1H3. The Bertz CT molecular complexity index is 629. The van der Waals surface area contributed by atoms with E-state index in [9.17, 15) is 4.79 Å². The molecule has 3 aliphatic heterocycles. The summed E-state index contributed by atoms with van der Waals surface area (Å²) in [5, 5.41) is 0. The maximum absolute atomic E-state index is 13.6. The van der Waals surface area contributed by atoms with Crippen LogP contribution in [0.4, 0.5) is 0 Å². The lowest BCUT2D eigenvalue weighted by molar-refractivity contribution is -0.139. The third kappa shape index (κ3) is 4.73. The van der Waals surface area contributed by atoms with Gasteiger partial charge in [-0.15, -0.1) is 0 Å². The zero-order chi connectivity index (χ0) is 19.3. The van der Waals surface area contributed by atoms with Crippen LogP contribution in [-0.4, -0.2) is 102 Å².